The zero-order valence-corrected chi connectivity index (χ0v) is 13.7. The van der Waals surface area contributed by atoms with Crippen LogP contribution >= 0.6 is 0 Å². The standard InChI is InChI=1S/C20H22O3/c1-14(13-15(2)20(21)22)19(16-7-5-4-6-8-16)17-9-11-18(23-3)12-10-17/h4-12,15H,13H2,1-3H3,(H,21,22). The summed E-state index contributed by atoms with van der Waals surface area (Å²) in [7, 11) is 1.64. The normalized spacial score (nSPS) is 13.2. The molecule has 1 N–H and O–H groups in total. The second-order valence-corrected chi connectivity index (χ2v) is 5.69. The highest BCUT2D eigenvalue weighted by atomic mass is 16.5. The van der Waals surface area contributed by atoms with Gasteiger partial charge in [-0.15, -0.1) is 0 Å². The second-order valence-electron chi connectivity index (χ2n) is 5.69. The molecule has 0 radical (unpaired) electrons. The Kier molecular flexibility index (Phi) is 5.58. The second kappa shape index (κ2) is 7.63. The van der Waals surface area contributed by atoms with E-state index in [2.05, 4.69) is 12.1 Å². The smallest absolute Gasteiger partial charge is 0.306 e. The summed E-state index contributed by atoms with van der Waals surface area (Å²) in [6, 6.07) is 17.9. The fourth-order valence-corrected chi connectivity index (χ4v) is 2.67. The van der Waals surface area contributed by atoms with Crippen LogP contribution in [0.1, 0.15) is 31.4 Å². The summed E-state index contributed by atoms with van der Waals surface area (Å²) in [6.07, 6.45) is 0.519. The average molecular weight is 310 g/mol. The molecule has 0 fully saturated rings. The van der Waals surface area contributed by atoms with Gasteiger partial charge >= 0.3 is 5.97 Å². The molecular weight excluding hydrogens is 288 g/mol. The van der Waals surface area contributed by atoms with Crippen LogP contribution in [0.4, 0.5) is 0 Å². The lowest BCUT2D eigenvalue weighted by Gasteiger charge is -2.16. The Hall–Kier alpha value is -2.55. The zero-order valence-electron chi connectivity index (χ0n) is 13.7. The van der Waals surface area contributed by atoms with Crippen LogP contribution in [-0.2, 0) is 4.79 Å². The highest BCUT2D eigenvalue weighted by Crippen LogP contribution is 2.31. The molecule has 0 spiro atoms. The van der Waals surface area contributed by atoms with Crippen molar-refractivity contribution in [1.82, 2.24) is 0 Å². The van der Waals surface area contributed by atoms with E-state index < -0.39 is 11.9 Å². The molecule has 0 aliphatic rings. The van der Waals surface area contributed by atoms with Crippen LogP contribution in [-0.4, -0.2) is 18.2 Å². The van der Waals surface area contributed by atoms with Crippen molar-refractivity contribution in [3.05, 3.63) is 71.3 Å². The molecule has 2 aromatic carbocycles. The summed E-state index contributed by atoms with van der Waals surface area (Å²) in [5.41, 5.74) is 4.30. The van der Waals surface area contributed by atoms with Gasteiger partial charge in [-0.05, 0) is 42.2 Å². The Bertz CT molecular complexity index is 685. The van der Waals surface area contributed by atoms with Gasteiger partial charge in [0.25, 0.3) is 0 Å². The zero-order chi connectivity index (χ0) is 16.8. The maximum absolute atomic E-state index is 11.2. The number of benzene rings is 2. The van der Waals surface area contributed by atoms with Crippen molar-refractivity contribution in [2.24, 2.45) is 5.92 Å². The lowest BCUT2D eigenvalue weighted by molar-refractivity contribution is -0.141. The first kappa shape index (κ1) is 16.8. The molecule has 0 aliphatic carbocycles. The van der Waals surface area contributed by atoms with Crippen molar-refractivity contribution in [3.8, 4) is 5.75 Å². The Morgan fingerprint density at radius 1 is 1.04 bits per heavy atom. The van der Waals surface area contributed by atoms with Crippen LogP contribution in [0.25, 0.3) is 5.57 Å². The molecular formula is C20H22O3. The van der Waals surface area contributed by atoms with E-state index in [-0.39, 0.29) is 0 Å². The number of hydrogen-bond acceptors (Lipinski definition) is 2. The lowest BCUT2D eigenvalue weighted by Crippen LogP contribution is -2.10. The number of allylic oxidation sites excluding steroid dienone is 1. The summed E-state index contributed by atoms with van der Waals surface area (Å²) < 4.78 is 5.22. The van der Waals surface area contributed by atoms with Crippen molar-refractivity contribution < 1.29 is 14.6 Å². The van der Waals surface area contributed by atoms with E-state index in [0.29, 0.717) is 6.42 Å². The lowest BCUT2D eigenvalue weighted by atomic mass is 9.89. The van der Waals surface area contributed by atoms with E-state index in [9.17, 15) is 9.90 Å². The fourth-order valence-electron chi connectivity index (χ4n) is 2.67. The van der Waals surface area contributed by atoms with Crippen molar-refractivity contribution in [2.75, 3.05) is 7.11 Å². The van der Waals surface area contributed by atoms with Crippen molar-refractivity contribution >= 4 is 11.5 Å². The molecule has 23 heavy (non-hydrogen) atoms. The monoisotopic (exact) mass is 310 g/mol. The Balaban J connectivity index is 2.49. The quantitative estimate of drug-likeness (QED) is 0.846. The van der Waals surface area contributed by atoms with Gasteiger partial charge < -0.3 is 9.84 Å². The number of carbonyl (C=O) groups is 1. The molecule has 2 aromatic rings. The van der Waals surface area contributed by atoms with Crippen molar-refractivity contribution in [1.29, 1.82) is 0 Å². The third-order valence-electron chi connectivity index (χ3n) is 3.90. The van der Waals surface area contributed by atoms with E-state index in [4.69, 9.17) is 4.74 Å². The van der Waals surface area contributed by atoms with Gasteiger partial charge in [-0.1, -0.05) is 55.0 Å². The maximum Gasteiger partial charge on any atom is 0.306 e. The molecule has 0 aromatic heterocycles. The van der Waals surface area contributed by atoms with E-state index in [0.717, 1.165) is 28.0 Å². The summed E-state index contributed by atoms with van der Waals surface area (Å²) in [4.78, 5) is 11.2. The van der Waals surface area contributed by atoms with Crippen LogP contribution in [0.15, 0.2) is 60.2 Å². The van der Waals surface area contributed by atoms with Gasteiger partial charge in [-0.25, -0.2) is 0 Å². The Morgan fingerprint density at radius 2 is 1.61 bits per heavy atom. The number of ether oxygens (including phenoxy) is 1. The highest BCUT2D eigenvalue weighted by molar-refractivity contribution is 5.82. The van der Waals surface area contributed by atoms with E-state index in [1.54, 1.807) is 14.0 Å². The first-order chi connectivity index (χ1) is 11.0. The van der Waals surface area contributed by atoms with Gasteiger partial charge in [0.15, 0.2) is 0 Å². The third-order valence-corrected chi connectivity index (χ3v) is 3.90. The molecule has 0 saturated carbocycles. The average Bonchev–Trinajstić information content (AvgIpc) is 2.56. The summed E-state index contributed by atoms with van der Waals surface area (Å²) >= 11 is 0. The number of carboxylic acid groups (broad SMARTS) is 1. The maximum atomic E-state index is 11.2. The molecule has 3 nitrogen and oxygen atoms in total. The van der Waals surface area contributed by atoms with E-state index in [1.807, 2.05) is 49.4 Å². The van der Waals surface area contributed by atoms with Crippen molar-refractivity contribution in [2.45, 2.75) is 20.3 Å². The predicted octanol–water partition coefficient (Wildman–Crippen LogP) is 4.63. The molecule has 0 amide bonds. The predicted molar refractivity (Wildman–Crippen MR) is 92.5 cm³/mol. The molecule has 1 unspecified atom stereocenters. The van der Waals surface area contributed by atoms with Crippen LogP contribution in [0, 0.1) is 5.92 Å². The molecule has 120 valence electrons. The van der Waals surface area contributed by atoms with Gasteiger partial charge in [-0.3, -0.25) is 4.79 Å². The number of methoxy groups -OCH3 is 1. The van der Waals surface area contributed by atoms with Gasteiger partial charge in [0.1, 0.15) is 5.75 Å². The Labute approximate surface area is 137 Å². The molecule has 2 rings (SSSR count). The minimum atomic E-state index is -0.772. The van der Waals surface area contributed by atoms with Gasteiger partial charge in [0.05, 0.1) is 13.0 Å². The largest absolute Gasteiger partial charge is 0.497 e. The number of hydrogen-bond donors (Lipinski definition) is 1. The SMILES string of the molecule is COc1ccc(C(=C(C)CC(C)C(=O)O)c2ccccc2)cc1. The molecule has 0 saturated heterocycles. The first-order valence-electron chi connectivity index (χ1n) is 7.65. The molecule has 0 bridgehead atoms. The van der Waals surface area contributed by atoms with Gasteiger partial charge in [0.2, 0.25) is 0 Å². The van der Waals surface area contributed by atoms with E-state index >= 15 is 0 Å². The number of rotatable bonds is 6. The molecule has 1 atom stereocenters. The van der Waals surface area contributed by atoms with Crippen LogP contribution in [0.2, 0.25) is 0 Å². The molecule has 0 aliphatic heterocycles. The molecule has 0 heterocycles. The first-order valence-corrected chi connectivity index (χ1v) is 7.65. The van der Waals surface area contributed by atoms with Crippen molar-refractivity contribution in [3.63, 3.8) is 0 Å². The molecule has 3 heteroatoms. The third kappa shape index (κ3) is 4.22. The topological polar surface area (TPSA) is 46.5 Å². The highest BCUT2D eigenvalue weighted by Gasteiger charge is 2.15. The van der Waals surface area contributed by atoms with Crippen LogP contribution in [0.5, 0.6) is 5.75 Å². The summed E-state index contributed by atoms with van der Waals surface area (Å²) in [5.74, 6) is -0.379. The minimum absolute atomic E-state index is 0.410. The van der Waals surface area contributed by atoms with Crippen LogP contribution < -0.4 is 4.74 Å². The minimum Gasteiger partial charge on any atom is -0.497 e. The van der Waals surface area contributed by atoms with E-state index in [1.165, 1.54) is 0 Å². The number of carboxylic acids is 1. The Morgan fingerprint density at radius 3 is 2.13 bits per heavy atom. The summed E-state index contributed by atoms with van der Waals surface area (Å²) in [6.45, 7) is 3.74. The van der Waals surface area contributed by atoms with Gasteiger partial charge in [0, 0.05) is 0 Å². The van der Waals surface area contributed by atoms with Gasteiger partial charge in [-0.2, -0.15) is 0 Å². The fraction of sp³-hybridized carbons (Fsp3) is 0.250. The number of aliphatic carboxylic acids is 1. The summed E-state index contributed by atoms with van der Waals surface area (Å²) in [5, 5.41) is 9.18. The van der Waals surface area contributed by atoms with Crippen LogP contribution in [0.3, 0.4) is 0 Å².